The van der Waals surface area contributed by atoms with E-state index in [9.17, 15) is 4.79 Å². The van der Waals surface area contributed by atoms with Gasteiger partial charge < -0.3 is 5.11 Å². The molecule has 1 fully saturated rings. The van der Waals surface area contributed by atoms with E-state index < -0.39 is 5.97 Å². The third kappa shape index (κ3) is 2.63. The Kier molecular flexibility index (Phi) is 4.15. The van der Waals surface area contributed by atoms with Gasteiger partial charge in [0.1, 0.15) is 0 Å². The number of nitrogens with zero attached hydrogens (tertiary/aromatic N) is 1. The summed E-state index contributed by atoms with van der Waals surface area (Å²) in [5.41, 5.74) is 0.874. The molecule has 0 saturated carbocycles. The van der Waals surface area contributed by atoms with E-state index in [4.69, 9.17) is 28.3 Å². The van der Waals surface area contributed by atoms with E-state index >= 15 is 0 Å². The number of carboxylic acids is 1. The summed E-state index contributed by atoms with van der Waals surface area (Å²) in [6.45, 7) is 3.31. The molecule has 0 bridgehead atoms. The van der Waals surface area contributed by atoms with Gasteiger partial charge in [-0.25, -0.2) is 0 Å². The minimum absolute atomic E-state index is 0.00911. The lowest BCUT2D eigenvalue weighted by molar-refractivity contribution is -0.142. The van der Waals surface area contributed by atoms with E-state index in [0.717, 1.165) is 12.1 Å². The maximum Gasteiger partial charge on any atom is 0.308 e. The lowest BCUT2D eigenvalue weighted by Crippen LogP contribution is -2.32. The fourth-order valence-corrected chi connectivity index (χ4v) is 2.96. The van der Waals surface area contributed by atoms with Crippen LogP contribution in [0.15, 0.2) is 18.2 Å². The molecule has 0 amide bonds. The molecule has 1 saturated heterocycles. The van der Waals surface area contributed by atoms with Gasteiger partial charge in [-0.05, 0) is 32.0 Å². The fourth-order valence-electron chi connectivity index (χ4n) is 2.44. The molecular weight excluding hydrogens is 273 g/mol. The molecule has 2 unspecified atom stereocenters. The second kappa shape index (κ2) is 5.47. The van der Waals surface area contributed by atoms with Crippen LogP contribution in [0.4, 0.5) is 0 Å². The van der Waals surface area contributed by atoms with Crippen molar-refractivity contribution in [3.8, 4) is 0 Å². The highest BCUT2D eigenvalue weighted by atomic mass is 35.5. The molecule has 0 radical (unpaired) electrons. The molecule has 1 aliphatic heterocycles. The SMILES string of the molecule is CC1C(C(=O)O)CCN1Cc1c(Cl)cccc1Cl. The summed E-state index contributed by atoms with van der Waals surface area (Å²) in [5.74, 6) is -1.03. The Morgan fingerprint density at radius 2 is 2.06 bits per heavy atom. The number of hydrogen-bond acceptors (Lipinski definition) is 2. The van der Waals surface area contributed by atoms with Crippen molar-refractivity contribution in [2.75, 3.05) is 6.54 Å². The van der Waals surface area contributed by atoms with E-state index in [2.05, 4.69) is 4.90 Å². The number of carbonyl (C=O) groups is 1. The van der Waals surface area contributed by atoms with Gasteiger partial charge in [0.05, 0.1) is 5.92 Å². The van der Waals surface area contributed by atoms with Gasteiger partial charge in [-0.1, -0.05) is 29.3 Å². The highest BCUT2D eigenvalue weighted by molar-refractivity contribution is 6.35. The third-order valence-corrected chi connectivity index (χ3v) is 4.33. The first kappa shape index (κ1) is 13.7. The Hall–Kier alpha value is -0.770. The average Bonchev–Trinajstić information content (AvgIpc) is 2.66. The van der Waals surface area contributed by atoms with Crippen molar-refractivity contribution < 1.29 is 9.90 Å². The number of hydrogen-bond donors (Lipinski definition) is 1. The topological polar surface area (TPSA) is 40.5 Å². The number of halogens is 2. The Labute approximate surface area is 116 Å². The monoisotopic (exact) mass is 287 g/mol. The molecule has 2 atom stereocenters. The minimum atomic E-state index is -0.727. The molecular formula is C13H15Cl2NO2. The number of benzene rings is 1. The molecule has 98 valence electrons. The van der Waals surface area contributed by atoms with E-state index in [1.165, 1.54) is 0 Å². The molecule has 1 aromatic rings. The van der Waals surface area contributed by atoms with Gasteiger partial charge in [-0.15, -0.1) is 0 Å². The van der Waals surface area contributed by atoms with Crippen molar-refractivity contribution in [3.05, 3.63) is 33.8 Å². The molecule has 5 heteroatoms. The van der Waals surface area contributed by atoms with Gasteiger partial charge >= 0.3 is 5.97 Å². The van der Waals surface area contributed by atoms with E-state index in [1.54, 1.807) is 12.1 Å². The molecule has 1 aliphatic rings. The van der Waals surface area contributed by atoms with Crippen LogP contribution in [0.1, 0.15) is 18.9 Å². The summed E-state index contributed by atoms with van der Waals surface area (Å²) < 4.78 is 0. The fraction of sp³-hybridized carbons (Fsp3) is 0.462. The van der Waals surface area contributed by atoms with Crippen molar-refractivity contribution in [1.29, 1.82) is 0 Å². The van der Waals surface area contributed by atoms with Crippen LogP contribution in [0.25, 0.3) is 0 Å². The van der Waals surface area contributed by atoms with Crippen molar-refractivity contribution in [1.82, 2.24) is 4.90 Å². The van der Waals surface area contributed by atoms with Gasteiger partial charge in [0.25, 0.3) is 0 Å². The molecule has 2 rings (SSSR count). The molecule has 0 aromatic heterocycles. The molecule has 18 heavy (non-hydrogen) atoms. The molecule has 1 N–H and O–H groups in total. The van der Waals surface area contributed by atoms with Crippen molar-refractivity contribution in [2.45, 2.75) is 25.9 Å². The second-order valence-corrected chi connectivity index (χ2v) is 5.46. The smallest absolute Gasteiger partial charge is 0.308 e. The number of likely N-dealkylation sites (tertiary alicyclic amines) is 1. The summed E-state index contributed by atoms with van der Waals surface area (Å²) >= 11 is 12.3. The van der Waals surface area contributed by atoms with Crippen molar-refractivity contribution in [2.24, 2.45) is 5.92 Å². The predicted octanol–water partition coefficient (Wildman–Crippen LogP) is 3.29. The summed E-state index contributed by atoms with van der Waals surface area (Å²) in [6.07, 6.45) is 0.679. The maximum atomic E-state index is 11.1. The lowest BCUT2D eigenvalue weighted by Gasteiger charge is -2.23. The average molecular weight is 288 g/mol. The van der Waals surface area contributed by atoms with Crippen molar-refractivity contribution >= 4 is 29.2 Å². The Bertz CT molecular complexity index is 444. The number of carboxylic acid groups (broad SMARTS) is 1. The normalized spacial score (nSPS) is 24.4. The summed E-state index contributed by atoms with van der Waals surface area (Å²) in [4.78, 5) is 13.2. The van der Waals surface area contributed by atoms with Gasteiger partial charge in [0, 0.05) is 28.2 Å². The van der Waals surface area contributed by atoms with Crippen LogP contribution in [0.5, 0.6) is 0 Å². The zero-order chi connectivity index (χ0) is 13.3. The Morgan fingerprint density at radius 3 is 2.56 bits per heavy atom. The maximum absolute atomic E-state index is 11.1. The van der Waals surface area contributed by atoms with Crippen LogP contribution in [-0.2, 0) is 11.3 Å². The van der Waals surface area contributed by atoms with Gasteiger partial charge in [0.15, 0.2) is 0 Å². The molecule has 0 spiro atoms. The molecule has 1 aromatic carbocycles. The van der Waals surface area contributed by atoms with E-state index in [1.807, 2.05) is 13.0 Å². The van der Waals surface area contributed by atoms with Crippen LogP contribution in [0.3, 0.4) is 0 Å². The van der Waals surface area contributed by atoms with Crippen molar-refractivity contribution in [3.63, 3.8) is 0 Å². The first-order chi connectivity index (χ1) is 8.50. The zero-order valence-corrected chi connectivity index (χ0v) is 11.6. The first-order valence-electron chi connectivity index (χ1n) is 5.90. The summed E-state index contributed by atoms with van der Waals surface area (Å²) in [6, 6.07) is 5.42. The van der Waals surface area contributed by atoms with Crippen LogP contribution in [0, 0.1) is 5.92 Å². The van der Waals surface area contributed by atoms with Gasteiger partial charge in [-0.3, -0.25) is 9.69 Å². The van der Waals surface area contributed by atoms with Crippen LogP contribution >= 0.6 is 23.2 Å². The highest BCUT2D eigenvalue weighted by Crippen LogP contribution is 2.31. The van der Waals surface area contributed by atoms with Gasteiger partial charge in [0.2, 0.25) is 0 Å². The zero-order valence-electron chi connectivity index (χ0n) is 10.1. The van der Waals surface area contributed by atoms with Crippen LogP contribution in [0.2, 0.25) is 10.0 Å². The van der Waals surface area contributed by atoms with Crippen LogP contribution in [-0.4, -0.2) is 28.6 Å². The molecule has 3 nitrogen and oxygen atoms in total. The standard InChI is InChI=1S/C13H15Cl2NO2/c1-8-9(13(17)18)5-6-16(8)7-10-11(14)3-2-4-12(10)15/h2-4,8-9H,5-7H2,1H3,(H,17,18). The predicted molar refractivity (Wildman–Crippen MR) is 72.1 cm³/mol. The lowest BCUT2D eigenvalue weighted by atomic mass is 10.0. The second-order valence-electron chi connectivity index (χ2n) is 4.64. The van der Waals surface area contributed by atoms with Crippen LogP contribution < -0.4 is 0 Å². The largest absolute Gasteiger partial charge is 0.481 e. The summed E-state index contributed by atoms with van der Waals surface area (Å²) in [7, 11) is 0. The number of aliphatic carboxylic acids is 1. The van der Waals surface area contributed by atoms with E-state index in [0.29, 0.717) is 23.0 Å². The molecule has 0 aliphatic carbocycles. The van der Waals surface area contributed by atoms with E-state index in [-0.39, 0.29) is 12.0 Å². The van der Waals surface area contributed by atoms with Gasteiger partial charge in [-0.2, -0.15) is 0 Å². The number of rotatable bonds is 3. The first-order valence-corrected chi connectivity index (χ1v) is 6.66. The quantitative estimate of drug-likeness (QED) is 0.927. The Morgan fingerprint density at radius 1 is 1.44 bits per heavy atom. The minimum Gasteiger partial charge on any atom is -0.481 e. The molecule has 1 heterocycles. The Balaban J connectivity index is 2.14. The third-order valence-electron chi connectivity index (χ3n) is 3.63. The summed E-state index contributed by atoms with van der Waals surface area (Å²) in [5, 5.41) is 10.4. The highest BCUT2D eigenvalue weighted by Gasteiger charge is 2.35.